The van der Waals surface area contributed by atoms with Gasteiger partial charge in [-0.2, -0.15) is 0 Å². The Morgan fingerprint density at radius 2 is 2.10 bits per heavy atom. The fraction of sp³-hybridized carbons (Fsp3) is 0.333. The quantitative estimate of drug-likeness (QED) is 0.555. The van der Waals surface area contributed by atoms with Crippen molar-refractivity contribution in [1.82, 2.24) is 4.90 Å². The highest BCUT2D eigenvalue weighted by Crippen LogP contribution is 2.34. The zero-order valence-electron chi connectivity index (χ0n) is 11.4. The smallest absolute Gasteiger partial charge is 0.283 e. The van der Waals surface area contributed by atoms with Crippen molar-refractivity contribution in [2.24, 2.45) is 0 Å². The molecule has 3 rings (SSSR count). The molecule has 110 valence electrons. The molecule has 0 atom stereocenters. The van der Waals surface area contributed by atoms with E-state index in [-0.39, 0.29) is 10.6 Å². The molecule has 1 saturated carbocycles. The molecule has 0 N–H and O–H groups in total. The van der Waals surface area contributed by atoms with Crippen LogP contribution in [0.1, 0.15) is 23.3 Å². The third-order valence-corrected chi connectivity index (χ3v) is 5.41. The van der Waals surface area contributed by atoms with Crippen molar-refractivity contribution >= 4 is 33.0 Å². The summed E-state index contributed by atoms with van der Waals surface area (Å²) in [4.78, 5) is 14.4. The van der Waals surface area contributed by atoms with E-state index in [1.54, 1.807) is 17.4 Å². The van der Waals surface area contributed by atoms with Gasteiger partial charge in [0.1, 0.15) is 0 Å². The summed E-state index contributed by atoms with van der Waals surface area (Å²) in [5, 5.41) is 13.1. The molecule has 0 bridgehead atoms. The molecule has 0 radical (unpaired) electrons. The van der Waals surface area contributed by atoms with Gasteiger partial charge in [-0.15, -0.1) is 11.3 Å². The molecule has 0 aliphatic heterocycles. The summed E-state index contributed by atoms with van der Waals surface area (Å²) < 4.78 is 0.604. The molecule has 4 nitrogen and oxygen atoms in total. The molecule has 1 aromatic heterocycles. The van der Waals surface area contributed by atoms with Crippen LogP contribution in [0.4, 0.5) is 5.69 Å². The minimum absolute atomic E-state index is 0.138. The van der Waals surface area contributed by atoms with Crippen LogP contribution in [0.2, 0.25) is 0 Å². The first-order valence-corrected chi connectivity index (χ1v) is 8.50. The van der Waals surface area contributed by atoms with Crippen molar-refractivity contribution in [3.63, 3.8) is 0 Å². The molecule has 21 heavy (non-hydrogen) atoms. The maximum atomic E-state index is 11.0. The van der Waals surface area contributed by atoms with Crippen LogP contribution in [0, 0.1) is 10.1 Å². The second-order valence-corrected chi connectivity index (χ2v) is 7.05. The SMILES string of the molecule is O=[N+]([O-])c1cccc(CN(Cc2cccs2)C2CC2)c1Br. The van der Waals surface area contributed by atoms with E-state index < -0.39 is 0 Å². The highest BCUT2D eigenvalue weighted by Gasteiger charge is 2.30. The minimum atomic E-state index is -0.339. The number of hydrogen-bond donors (Lipinski definition) is 0. The number of nitro groups is 1. The lowest BCUT2D eigenvalue weighted by Crippen LogP contribution is -2.24. The van der Waals surface area contributed by atoms with Gasteiger partial charge in [-0.05, 0) is 45.8 Å². The van der Waals surface area contributed by atoms with E-state index in [0.29, 0.717) is 10.5 Å². The topological polar surface area (TPSA) is 46.4 Å². The van der Waals surface area contributed by atoms with Crippen molar-refractivity contribution in [1.29, 1.82) is 0 Å². The second kappa shape index (κ2) is 6.25. The lowest BCUT2D eigenvalue weighted by molar-refractivity contribution is -0.385. The summed E-state index contributed by atoms with van der Waals surface area (Å²) in [6.07, 6.45) is 2.44. The summed E-state index contributed by atoms with van der Waals surface area (Å²) in [6.45, 7) is 1.66. The minimum Gasteiger partial charge on any atom is -0.291 e. The number of rotatable bonds is 6. The molecule has 0 spiro atoms. The van der Waals surface area contributed by atoms with Gasteiger partial charge < -0.3 is 0 Å². The molecule has 6 heteroatoms. The molecule has 0 amide bonds. The average Bonchev–Trinajstić information content (AvgIpc) is 3.18. The Bertz CT molecular complexity index is 641. The van der Waals surface area contributed by atoms with E-state index in [1.807, 2.05) is 6.07 Å². The first-order valence-electron chi connectivity index (χ1n) is 6.83. The van der Waals surface area contributed by atoms with Crippen LogP contribution in [-0.4, -0.2) is 15.9 Å². The van der Waals surface area contributed by atoms with Gasteiger partial charge >= 0.3 is 0 Å². The van der Waals surface area contributed by atoms with Crippen molar-refractivity contribution in [2.75, 3.05) is 0 Å². The van der Waals surface area contributed by atoms with Gasteiger partial charge in [0.05, 0.1) is 9.40 Å². The van der Waals surface area contributed by atoms with E-state index in [0.717, 1.165) is 18.7 Å². The largest absolute Gasteiger partial charge is 0.291 e. The van der Waals surface area contributed by atoms with Crippen LogP contribution >= 0.6 is 27.3 Å². The van der Waals surface area contributed by atoms with Crippen LogP contribution in [0.5, 0.6) is 0 Å². The third-order valence-electron chi connectivity index (χ3n) is 3.63. The molecule has 0 saturated heterocycles. The normalized spacial score (nSPS) is 14.6. The molecule has 1 heterocycles. The summed E-state index contributed by atoms with van der Waals surface area (Å²) in [7, 11) is 0. The molecular formula is C15H15BrN2O2S. The molecule has 1 aliphatic rings. The number of nitrogens with zero attached hydrogens (tertiary/aromatic N) is 2. The molecule has 2 aromatic rings. The first kappa shape index (κ1) is 14.7. The molecule has 0 unspecified atom stereocenters. The van der Waals surface area contributed by atoms with E-state index in [9.17, 15) is 10.1 Å². The monoisotopic (exact) mass is 366 g/mol. The van der Waals surface area contributed by atoms with E-state index in [2.05, 4.69) is 38.3 Å². The van der Waals surface area contributed by atoms with Crippen molar-refractivity contribution in [3.05, 3.63) is 60.7 Å². The number of nitro benzene ring substituents is 1. The lowest BCUT2D eigenvalue weighted by atomic mass is 10.2. The summed E-state index contributed by atoms with van der Waals surface area (Å²) in [5.41, 5.74) is 1.12. The number of hydrogen-bond acceptors (Lipinski definition) is 4. The number of halogens is 1. The Labute approximate surface area is 135 Å². The first-order chi connectivity index (χ1) is 10.1. The van der Waals surface area contributed by atoms with Gasteiger partial charge in [0.2, 0.25) is 0 Å². The highest BCUT2D eigenvalue weighted by atomic mass is 79.9. The number of benzene rings is 1. The maximum Gasteiger partial charge on any atom is 0.283 e. The predicted octanol–water partition coefficient (Wildman–Crippen LogP) is 4.58. The third kappa shape index (κ3) is 3.51. The predicted molar refractivity (Wildman–Crippen MR) is 87.4 cm³/mol. The summed E-state index contributed by atoms with van der Waals surface area (Å²) in [6, 6.07) is 10.1. The average molecular weight is 367 g/mol. The van der Waals surface area contributed by atoms with Crippen LogP contribution in [0.15, 0.2) is 40.2 Å². The maximum absolute atomic E-state index is 11.0. The standard InChI is InChI=1S/C15H15BrN2O2S/c16-15-11(3-1-5-14(15)18(19)20)9-17(12-6-7-12)10-13-4-2-8-21-13/h1-5,8,12H,6-7,9-10H2. The van der Waals surface area contributed by atoms with Gasteiger partial charge in [0, 0.05) is 30.1 Å². The van der Waals surface area contributed by atoms with Gasteiger partial charge in [-0.3, -0.25) is 15.0 Å². The fourth-order valence-corrected chi connectivity index (χ4v) is 3.67. The van der Waals surface area contributed by atoms with Crippen molar-refractivity contribution < 1.29 is 4.92 Å². The lowest BCUT2D eigenvalue weighted by Gasteiger charge is -2.22. The summed E-state index contributed by atoms with van der Waals surface area (Å²) in [5.74, 6) is 0. The Kier molecular flexibility index (Phi) is 4.37. The zero-order valence-corrected chi connectivity index (χ0v) is 13.8. The van der Waals surface area contributed by atoms with E-state index in [4.69, 9.17) is 0 Å². The fourth-order valence-electron chi connectivity index (χ4n) is 2.40. The van der Waals surface area contributed by atoms with Crippen molar-refractivity contribution in [2.45, 2.75) is 32.0 Å². The Morgan fingerprint density at radius 3 is 2.71 bits per heavy atom. The Balaban J connectivity index is 1.80. The van der Waals surface area contributed by atoms with Crippen LogP contribution < -0.4 is 0 Å². The van der Waals surface area contributed by atoms with Crippen LogP contribution in [-0.2, 0) is 13.1 Å². The summed E-state index contributed by atoms with van der Waals surface area (Å²) >= 11 is 5.15. The Morgan fingerprint density at radius 1 is 1.29 bits per heavy atom. The van der Waals surface area contributed by atoms with Crippen molar-refractivity contribution in [3.8, 4) is 0 Å². The van der Waals surface area contributed by atoms with E-state index >= 15 is 0 Å². The number of thiophene rings is 1. The second-order valence-electron chi connectivity index (χ2n) is 5.22. The molecule has 1 aliphatic carbocycles. The van der Waals surface area contributed by atoms with Gasteiger partial charge in [-0.1, -0.05) is 18.2 Å². The van der Waals surface area contributed by atoms with Gasteiger partial charge in [0.15, 0.2) is 0 Å². The molecule has 1 fully saturated rings. The van der Waals surface area contributed by atoms with Crippen LogP contribution in [0.25, 0.3) is 0 Å². The Hall–Kier alpha value is -1.24. The van der Waals surface area contributed by atoms with Crippen LogP contribution in [0.3, 0.4) is 0 Å². The van der Waals surface area contributed by atoms with Gasteiger partial charge in [-0.25, -0.2) is 0 Å². The highest BCUT2D eigenvalue weighted by molar-refractivity contribution is 9.10. The molecule has 1 aromatic carbocycles. The van der Waals surface area contributed by atoms with E-state index in [1.165, 1.54) is 23.8 Å². The zero-order chi connectivity index (χ0) is 14.8. The molecular weight excluding hydrogens is 352 g/mol. The van der Waals surface area contributed by atoms with Gasteiger partial charge in [0.25, 0.3) is 5.69 Å².